The molecule has 35 heavy (non-hydrogen) atoms. The molecule has 1 aromatic carbocycles. The summed E-state index contributed by atoms with van der Waals surface area (Å²) in [6, 6.07) is 7.65. The van der Waals surface area contributed by atoms with Crippen LogP contribution in [0.1, 0.15) is 32.8 Å². The highest BCUT2D eigenvalue weighted by Crippen LogP contribution is 2.60. The summed E-state index contributed by atoms with van der Waals surface area (Å²) in [5, 5.41) is 20.5. The first-order valence-electron chi connectivity index (χ1n) is 11.9. The number of hydrogen-bond acceptors (Lipinski definition) is 5. The van der Waals surface area contributed by atoms with E-state index in [9.17, 15) is 24.6 Å². The molecular formula is C26H33BrN2O6. The lowest BCUT2D eigenvalue weighted by molar-refractivity contribution is -0.155. The van der Waals surface area contributed by atoms with Gasteiger partial charge in [-0.25, -0.2) is 0 Å². The van der Waals surface area contributed by atoms with E-state index in [4.69, 9.17) is 4.74 Å². The van der Waals surface area contributed by atoms with E-state index < -0.39 is 53.0 Å². The van der Waals surface area contributed by atoms with Crippen molar-refractivity contribution >= 4 is 33.7 Å². The molecule has 0 aromatic heterocycles. The first-order chi connectivity index (χ1) is 16.5. The second kappa shape index (κ2) is 9.33. The number of fused-ring (bicyclic) bond motifs is 1. The largest absolute Gasteiger partial charge is 0.481 e. The van der Waals surface area contributed by atoms with Crippen LogP contribution in [0.4, 0.5) is 0 Å². The summed E-state index contributed by atoms with van der Waals surface area (Å²) in [5.74, 6) is -3.95. The minimum Gasteiger partial charge on any atom is -0.481 e. The van der Waals surface area contributed by atoms with Crippen molar-refractivity contribution in [1.29, 1.82) is 0 Å². The Kier molecular flexibility index (Phi) is 6.89. The molecule has 9 heteroatoms. The van der Waals surface area contributed by atoms with Crippen molar-refractivity contribution in [2.45, 2.75) is 67.8 Å². The number of benzene rings is 1. The van der Waals surface area contributed by atoms with Gasteiger partial charge in [-0.05, 0) is 39.2 Å². The minimum atomic E-state index is -1.29. The number of aliphatic hydroxyl groups is 1. The van der Waals surface area contributed by atoms with Gasteiger partial charge in [0, 0.05) is 16.9 Å². The molecule has 2 bridgehead atoms. The van der Waals surface area contributed by atoms with Crippen molar-refractivity contribution < 1.29 is 29.3 Å². The molecule has 190 valence electrons. The van der Waals surface area contributed by atoms with Crippen molar-refractivity contribution in [1.82, 2.24) is 9.80 Å². The second-order valence-electron chi connectivity index (χ2n) is 10.7. The number of ether oxygens (including phenoxy) is 1. The predicted molar refractivity (Wildman–Crippen MR) is 133 cm³/mol. The van der Waals surface area contributed by atoms with Crippen molar-refractivity contribution in [2.24, 2.45) is 11.8 Å². The molecule has 3 saturated heterocycles. The Morgan fingerprint density at radius 3 is 2.54 bits per heavy atom. The van der Waals surface area contributed by atoms with Gasteiger partial charge < -0.3 is 24.7 Å². The van der Waals surface area contributed by atoms with Gasteiger partial charge >= 0.3 is 5.97 Å². The van der Waals surface area contributed by atoms with Gasteiger partial charge in [-0.15, -0.1) is 6.58 Å². The van der Waals surface area contributed by atoms with E-state index in [2.05, 4.69) is 22.5 Å². The fraction of sp³-hybridized carbons (Fsp3) is 0.577. The van der Waals surface area contributed by atoms with Crippen molar-refractivity contribution in [3.63, 3.8) is 0 Å². The third kappa shape index (κ3) is 4.11. The third-order valence-corrected chi connectivity index (χ3v) is 8.40. The number of rotatable bonds is 8. The van der Waals surface area contributed by atoms with Gasteiger partial charge in [-0.1, -0.05) is 52.3 Å². The van der Waals surface area contributed by atoms with Crippen LogP contribution in [0.3, 0.4) is 0 Å². The number of halogens is 1. The number of carbonyl (C=O) groups is 3. The average molecular weight is 549 g/mol. The number of aliphatic carboxylic acids is 1. The fourth-order valence-electron chi connectivity index (χ4n) is 6.13. The van der Waals surface area contributed by atoms with Gasteiger partial charge in [0.25, 0.3) is 0 Å². The van der Waals surface area contributed by atoms with E-state index in [1.807, 2.05) is 51.1 Å². The molecule has 3 heterocycles. The topological polar surface area (TPSA) is 107 Å². The van der Waals surface area contributed by atoms with Crippen molar-refractivity contribution in [2.75, 3.05) is 13.2 Å². The number of carbonyl (C=O) groups excluding carboxylic acids is 2. The molecule has 3 unspecified atom stereocenters. The Balaban J connectivity index is 1.84. The normalized spacial score (nSPS) is 32.4. The number of nitrogens with zero attached hydrogens (tertiary/aromatic N) is 2. The highest BCUT2D eigenvalue weighted by molar-refractivity contribution is 9.09. The lowest BCUT2D eigenvalue weighted by atomic mass is 9.70. The molecule has 1 aromatic rings. The Morgan fingerprint density at radius 2 is 2.00 bits per heavy atom. The molecule has 0 saturated carbocycles. The Morgan fingerprint density at radius 1 is 1.34 bits per heavy atom. The quantitative estimate of drug-likeness (QED) is 0.381. The molecule has 3 fully saturated rings. The monoisotopic (exact) mass is 548 g/mol. The van der Waals surface area contributed by atoms with Crippen LogP contribution in [0, 0.1) is 11.8 Å². The molecule has 4 rings (SSSR count). The first-order valence-corrected chi connectivity index (χ1v) is 12.8. The van der Waals surface area contributed by atoms with E-state index in [-0.39, 0.29) is 23.9 Å². The van der Waals surface area contributed by atoms with Crippen LogP contribution < -0.4 is 0 Å². The number of likely N-dealkylation sites (tertiary alicyclic amines) is 1. The maximum atomic E-state index is 14.3. The molecule has 3 aliphatic heterocycles. The summed E-state index contributed by atoms with van der Waals surface area (Å²) in [7, 11) is 0. The van der Waals surface area contributed by atoms with E-state index in [0.29, 0.717) is 12.8 Å². The Hall–Kier alpha value is -2.23. The van der Waals surface area contributed by atoms with Crippen LogP contribution in [-0.4, -0.2) is 85.1 Å². The Labute approximate surface area is 214 Å². The minimum absolute atomic E-state index is 0.258. The van der Waals surface area contributed by atoms with Gasteiger partial charge in [0.05, 0.1) is 30.6 Å². The zero-order valence-electron chi connectivity index (χ0n) is 20.3. The molecule has 7 atom stereocenters. The number of hydrogen-bond donors (Lipinski definition) is 2. The summed E-state index contributed by atoms with van der Waals surface area (Å²) in [5.41, 5.74) is -0.970. The van der Waals surface area contributed by atoms with Crippen molar-refractivity contribution in [3.05, 3.63) is 48.6 Å². The fourth-order valence-corrected chi connectivity index (χ4v) is 7.07. The van der Waals surface area contributed by atoms with Gasteiger partial charge in [0.2, 0.25) is 11.8 Å². The molecule has 3 aliphatic rings. The number of carboxylic acid groups (broad SMARTS) is 1. The summed E-state index contributed by atoms with van der Waals surface area (Å²) < 4.78 is 6.35. The highest BCUT2D eigenvalue weighted by Gasteiger charge is 2.77. The molecule has 8 nitrogen and oxygen atoms in total. The zero-order chi connectivity index (χ0) is 25.7. The van der Waals surface area contributed by atoms with Crippen molar-refractivity contribution in [3.8, 4) is 0 Å². The van der Waals surface area contributed by atoms with E-state index in [1.165, 1.54) is 4.90 Å². The molecule has 0 radical (unpaired) electrons. The van der Waals surface area contributed by atoms with E-state index in [0.717, 1.165) is 5.56 Å². The van der Waals surface area contributed by atoms with Gasteiger partial charge in [0.1, 0.15) is 11.6 Å². The third-order valence-electron chi connectivity index (χ3n) is 7.55. The predicted octanol–water partition coefficient (Wildman–Crippen LogP) is 2.24. The standard InChI is InChI=1S/C26H33BrN2O6/c1-5-11-28(25(2,3)4)23(32)21-26-13-17(27)20(35-26)18(24(33)34)19(26)22(31)29(21)16(14-30)12-15-9-7-6-8-10-15/h5-10,16-21,30H,1,11-14H2,2-4H3,(H,33,34)/t16-,17?,18-,19+,20-,21?,26?/m1/s1. The van der Waals surface area contributed by atoms with Crippen LogP contribution in [0.25, 0.3) is 0 Å². The summed E-state index contributed by atoms with van der Waals surface area (Å²) >= 11 is 3.56. The van der Waals surface area contributed by atoms with Gasteiger partial charge in [-0.3, -0.25) is 14.4 Å². The number of carboxylic acids is 1. The van der Waals surface area contributed by atoms with E-state index >= 15 is 0 Å². The van der Waals surface area contributed by atoms with E-state index in [1.54, 1.807) is 11.0 Å². The van der Waals surface area contributed by atoms with Gasteiger partial charge in [-0.2, -0.15) is 0 Å². The molecule has 2 N–H and O–H groups in total. The maximum absolute atomic E-state index is 14.3. The summed E-state index contributed by atoms with van der Waals surface area (Å²) in [6.45, 7) is 9.38. The maximum Gasteiger partial charge on any atom is 0.310 e. The van der Waals surface area contributed by atoms with Crippen LogP contribution in [0.15, 0.2) is 43.0 Å². The lowest BCUT2D eigenvalue weighted by Crippen LogP contribution is -2.62. The zero-order valence-corrected chi connectivity index (χ0v) is 21.8. The average Bonchev–Trinajstić information content (AvgIpc) is 3.39. The van der Waals surface area contributed by atoms with Gasteiger partial charge in [0.15, 0.2) is 0 Å². The van der Waals surface area contributed by atoms with Crippen LogP contribution >= 0.6 is 15.9 Å². The Bertz CT molecular complexity index is 1010. The first kappa shape index (κ1) is 25.9. The lowest BCUT2D eigenvalue weighted by Gasteiger charge is -2.43. The molecule has 2 amide bonds. The number of aliphatic hydroxyl groups excluding tert-OH is 1. The van der Waals surface area contributed by atoms with Crippen LogP contribution in [0.2, 0.25) is 0 Å². The molecular weight excluding hydrogens is 516 g/mol. The van der Waals surface area contributed by atoms with Crippen LogP contribution in [0.5, 0.6) is 0 Å². The number of alkyl halides is 1. The molecule has 0 aliphatic carbocycles. The highest BCUT2D eigenvalue weighted by atomic mass is 79.9. The second-order valence-corrected chi connectivity index (χ2v) is 11.9. The summed E-state index contributed by atoms with van der Waals surface area (Å²) in [4.78, 5) is 43.4. The molecule has 1 spiro atoms. The SMILES string of the molecule is C=CCN(C(=O)C1N([C@@H](CO)Cc2ccccc2)C(=O)[C@@H]2[C@@H](C(=O)O)[C@@H]3OC12CC3Br)C(C)(C)C. The summed E-state index contributed by atoms with van der Waals surface area (Å²) in [6.07, 6.45) is 1.59. The number of amides is 2. The van der Waals surface area contributed by atoms with Crippen LogP contribution in [-0.2, 0) is 25.5 Å². The smallest absolute Gasteiger partial charge is 0.310 e.